The highest BCUT2D eigenvalue weighted by molar-refractivity contribution is 7.99. The van der Waals surface area contributed by atoms with Crippen molar-refractivity contribution in [2.75, 3.05) is 16.4 Å². The predicted molar refractivity (Wildman–Crippen MR) is 115 cm³/mol. The molecule has 3 rings (SSSR count). The summed E-state index contributed by atoms with van der Waals surface area (Å²) in [5.74, 6) is -1.91. The fraction of sp³-hybridized carbons (Fsp3) is 0.238. The van der Waals surface area contributed by atoms with Crippen LogP contribution in [0.2, 0.25) is 0 Å². The number of amides is 2. The maximum absolute atomic E-state index is 13.6. The Balaban J connectivity index is 1.55. The lowest BCUT2D eigenvalue weighted by Crippen LogP contribution is -2.18. The minimum Gasteiger partial charge on any atom is -0.325 e. The maximum atomic E-state index is 13.6. The second kappa shape index (κ2) is 9.69. The Morgan fingerprint density at radius 3 is 2.42 bits per heavy atom. The minimum atomic E-state index is -0.853. The van der Waals surface area contributed by atoms with Crippen LogP contribution in [-0.2, 0) is 23.1 Å². The largest absolute Gasteiger partial charge is 0.325 e. The van der Waals surface area contributed by atoms with Crippen LogP contribution in [0.3, 0.4) is 0 Å². The molecule has 1 aromatic heterocycles. The van der Waals surface area contributed by atoms with Crippen molar-refractivity contribution < 1.29 is 18.4 Å². The number of thioether (sulfide) groups is 1. The third kappa shape index (κ3) is 5.88. The Labute approximate surface area is 182 Å². The van der Waals surface area contributed by atoms with Crippen molar-refractivity contribution in [2.45, 2.75) is 25.4 Å². The van der Waals surface area contributed by atoms with E-state index in [-0.39, 0.29) is 23.8 Å². The van der Waals surface area contributed by atoms with E-state index in [9.17, 15) is 18.4 Å². The van der Waals surface area contributed by atoms with Crippen LogP contribution in [-0.4, -0.2) is 32.3 Å². The first-order valence-corrected chi connectivity index (χ1v) is 10.3. The van der Waals surface area contributed by atoms with Gasteiger partial charge in [0.25, 0.3) is 0 Å². The Morgan fingerprint density at radius 1 is 1.00 bits per heavy atom. The molecule has 0 saturated carbocycles. The zero-order valence-electron chi connectivity index (χ0n) is 17.2. The number of nitrogens with one attached hydrogen (secondary N) is 2. The van der Waals surface area contributed by atoms with Crippen molar-refractivity contribution in [2.24, 2.45) is 7.05 Å². The SMILES string of the molecule is Cc1ccc(NC(=O)Cc2nnc(SCC(=O)Nc3ccc(F)cc3F)n2C)c(C)c1. The van der Waals surface area contributed by atoms with Gasteiger partial charge in [-0.05, 0) is 37.6 Å². The molecule has 10 heteroatoms. The fourth-order valence-electron chi connectivity index (χ4n) is 2.82. The molecule has 3 aromatic rings. The smallest absolute Gasteiger partial charge is 0.234 e. The summed E-state index contributed by atoms with van der Waals surface area (Å²) in [7, 11) is 1.69. The maximum Gasteiger partial charge on any atom is 0.234 e. The molecule has 0 radical (unpaired) electrons. The third-order valence-corrected chi connectivity index (χ3v) is 5.46. The summed E-state index contributed by atoms with van der Waals surface area (Å²) in [5.41, 5.74) is 2.70. The summed E-state index contributed by atoms with van der Waals surface area (Å²) in [5, 5.41) is 13.7. The lowest BCUT2D eigenvalue weighted by atomic mass is 10.1. The average Bonchev–Trinajstić information content (AvgIpc) is 3.04. The number of rotatable bonds is 7. The summed E-state index contributed by atoms with van der Waals surface area (Å²) < 4.78 is 28.2. The Kier molecular flexibility index (Phi) is 7.01. The molecule has 0 aliphatic rings. The first-order valence-electron chi connectivity index (χ1n) is 9.36. The van der Waals surface area contributed by atoms with E-state index in [0.29, 0.717) is 17.0 Å². The summed E-state index contributed by atoms with van der Waals surface area (Å²) >= 11 is 1.09. The predicted octanol–water partition coefficient (Wildman–Crippen LogP) is 3.62. The van der Waals surface area contributed by atoms with Crippen LogP contribution in [0.25, 0.3) is 0 Å². The Morgan fingerprint density at radius 2 is 1.71 bits per heavy atom. The highest BCUT2D eigenvalue weighted by Gasteiger charge is 2.16. The van der Waals surface area contributed by atoms with E-state index >= 15 is 0 Å². The van der Waals surface area contributed by atoms with Crippen LogP contribution in [0.1, 0.15) is 17.0 Å². The molecule has 0 fully saturated rings. The lowest BCUT2D eigenvalue weighted by Gasteiger charge is -2.09. The first kappa shape index (κ1) is 22.4. The lowest BCUT2D eigenvalue weighted by molar-refractivity contribution is -0.116. The summed E-state index contributed by atoms with van der Waals surface area (Å²) in [6, 6.07) is 8.66. The molecule has 2 amide bonds. The molecule has 7 nitrogen and oxygen atoms in total. The molecule has 1 heterocycles. The standard InChI is InChI=1S/C21H21F2N5O2S/c1-12-4-6-16(13(2)8-12)24-19(29)10-18-26-27-21(28(18)3)31-11-20(30)25-17-7-5-14(22)9-15(17)23/h4-9H,10-11H2,1-3H3,(H,24,29)(H,25,30). The van der Waals surface area contributed by atoms with Gasteiger partial charge in [-0.1, -0.05) is 29.5 Å². The number of aryl methyl sites for hydroxylation is 2. The topological polar surface area (TPSA) is 88.9 Å². The van der Waals surface area contributed by atoms with Gasteiger partial charge in [-0.2, -0.15) is 0 Å². The van der Waals surface area contributed by atoms with Gasteiger partial charge < -0.3 is 15.2 Å². The minimum absolute atomic E-state index is 0.0182. The molecular weight excluding hydrogens is 424 g/mol. The van der Waals surface area contributed by atoms with Crippen molar-refractivity contribution in [3.05, 3.63) is 65.0 Å². The molecule has 162 valence electrons. The van der Waals surface area contributed by atoms with Gasteiger partial charge in [0.05, 0.1) is 17.9 Å². The highest BCUT2D eigenvalue weighted by Crippen LogP contribution is 2.20. The molecule has 0 aliphatic carbocycles. The van der Waals surface area contributed by atoms with Gasteiger partial charge in [0, 0.05) is 18.8 Å². The average molecular weight is 445 g/mol. The number of carbonyl (C=O) groups is 2. The van der Waals surface area contributed by atoms with Crippen LogP contribution in [0.5, 0.6) is 0 Å². The van der Waals surface area contributed by atoms with E-state index < -0.39 is 17.5 Å². The Bertz CT molecular complexity index is 1130. The number of aromatic nitrogens is 3. The monoisotopic (exact) mass is 445 g/mol. The van der Waals surface area contributed by atoms with Crippen molar-refractivity contribution >= 4 is 35.0 Å². The van der Waals surface area contributed by atoms with Crippen molar-refractivity contribution in [3.63, 3.8) is 0 Å². The molecule has 0 atom stereocenters. The van der Waals surface area contributed by atoms with Gasteiger partial charge in [0.2, 0.25) is 11.8 Å². The molecule has 31 heavy (non-hydrogen) atoms. The second-order valence-corrected chi connectivity index (χ2v) is 7.90. The van der Waals surface area contributed by atoms with Crippen molar-refractivity contribution in [1.29, 1.82) is 0 Å². The zero-order chi connectivity index (χ0) is 22.5. The molecule has 0 saturated heterocycles. The van der Waals surface area contributed by atoms with E-state index in [1.807, 2.05) is 32.0 Å². The van der Waals surface area contributed by atoms with E-state index in [4.69, 9.17) is 0 Å². The van der Waals surface area contributed by atoms with E-state index in [1.54, 1.807) is 11.6 Å². The number of benzene rings is 2. The number of anilines is 2. The van der Waals surface area contributed by atoms with Crippen molar-refractivity contribution in [1.82, 2.24) is 14.8 Å². The number of hydrogen-bond donors (Lipinski definition) is 2. The van der Waals surface area contributed by atoms with Gasteiger partial charge in [-0.3, -0.25) is 9.59 Å². The molecule has 0 aliphatic heterocycles. The second-order valence-electron chi connectivity index (χ2n) is 6.96. The number of halogens is 2. The number of nitrogens with zero attached hydrogens (tertiary/aromatic N) is 3. The number of carbonyl (C=O) groups excluding carboxylic acids is 2. The van der Waals surface area contributed by atoms with Gasteiger partial charge in [0.1, 0.15) is 17.5 Å². The highest BCUT2D eigenvalue weighted by atomic mass is 32.2. The third-order valence-electron chi connectivity index (χ3n) is 4.44. The molecule has 2 N–H and O–H groups in total. The van der Waals surface area contributed by atoms with Crippen LogP contribution in [0.4, 0.5) is 20.2 Å². The van der Waals surface area contributed by atoms with Crippen LogP contribution < -0.4 is 10.6 Å². The van der Waals surface area contributed by atoms with Crippen LogP contribution in [0.15, 0.2) is 41.6 Å². The summed E-state index contributed by atoms with van der Waals surface area (Å²) in [6.45, 7) is 3.90. The fourth-order valence-corrected chi connectivity index (χ4v) is 3.55. The van der Waals surface area contributed by atoms with Gasteiger partial charge in [0.15, 0.2) is 5.16 Å². The Hall–Kier alpha value is -3.27. The quantitative estimate of drug-likeness (QED) is 0.543. The van der Waals surface area contributed by atoms with E-state index in [2.05, 4.69) is 20.8 Å². The molecule has 0 spiro atoms. The summed E-state index contributed by atoms with van der Waals surface area (Å²) in [4.78, 5) is 24.4. The summed E-state index contributed by atoms with van der Waals surface area (Å²) in [6.07, 6.45) is 0.0182. The molecule has 0 bridgehead atoms. The molecule has 2 aromatic carbocycles. The molecule has 0 unspecified atom stereocenters. The van der Waals surface area contributed by atoms with Crippen LogP contribution in [0, 0.1) is 25.5 Å². The van der Waals surface area contributed by atoms with Gasteiger partial charge in [-0.15, -0.1) is 10.2 Å². The zero-order valence-corrected chi connectivity index (χ0v) is 18.0. The number of hydrogen-bond acceptors (Lipinski definition) is 5. The van der Waals surface area contributed by atoms with Gasteiger partial charge >= 0.3 is 0 Å². The van der Waals surface area contributed by atoms with Crippen LogP contribution >= 0.6 is 11.8 Å². The molecular formula is C21H21F2N5O2S. The van der Waals surface area contributed by atoms with Gasteiger partial charge in [-0.25, -0.2) is 8.78 Å². The first-order chi connectivity index (χ1) is 14.7. The van der Waals surface area contributed by atoms with E-state index in [1.165, 1.54) is 0 Å². The normalized spacial score (nSPS) is 10.7. The van der Waals surface area contributed by atoms with E-state index in [0.717, 1.165) is 40.7 Å². The van der Waals surface area contributed by atoms with Crippen molar-refractivity contribution in [3.8, 4) is 0 Å².